The van der Waals surface area contributed by atoms with Gasteiger partial charge in [0, 0.05) is 17.3 Å². The standard InChI is InChI=1S/C31H27N3O4S/c1-19(2)21-11-14-28-26(16-21)33-30(38-28)25-13-12-23(17-27(25)35)32-31(39)34-29(36)22-9-6-10-24(15-22)37-18-20-7-4-3-5-8-20/h3-17,19,35H,18H2,1-2H3,(H2,32,34,36,39). The first-order chi connectivity index (χ1) is 18.9. The van der Waals surface area contributed by atoms with Crippen LogP contribution in [0.3, 0.4) is 0 Å². The van der Waals surface area contributed by atoms with E-state index >= 15 is 0 Å². The first kappa shape index (κ1) is 25.9. The highest BCUT2D eigenvalue weighted by molar-refractivity contribution is 7.80. The van der Waals surface area contributed by atoms with Crippen molar-refractivity contribution >= 4 is 40.0 Å². The molecule has 0 saturated heterocycles. The minimum Gasteiger partial charge on any atom is -0.507 e. The SMILES string of the molecule is CC(C)c1ccc2oc(-c3ccc(NC(=S)NC(=O)c4cccc(OCc5ccccc5)c4)cc3O)nc2c1. The number of ether oxygens (including phenoxy) is 1. The number of anilines is 1. The Morgan fingerprint density at radius 1 is 1.00 bits per heavy atom. The molecule has 4 aromatic carbocycles. The van der Waals surface area contributed by atoms with Crippen LogP contribution in [0.1, 0.15) is 41.3 Å². The Balaban J connectivity index is 1.22. The number of aromatic nitrogens is 1. The largest absolute Gasteiger partial charge is 0.507 e. The number of hydrogen-bond donors (Lipinski definition) is 3. The molecule has 0 unspecified atom stereocenters. The summed E-state index contributed by atoms with van der Waals surface area (Å²) in [4.78, 5) is 17.3. The fourth-order valence-electron chi connectivity index (χ4n) is 4.01. The van der Waals surface area contributed by atoms with Gasteiger partial charge in [0.05, 0.1) is 5.56 Å². The minimum atomic E-state index is -0.384. The molecule has 5 aromatic rings. The number of nitrogens with zero attached hydrogens (tertiary/aromatic N) is 1. The molecule has 1 amide bonds. The molecule has 196 valence electrons. The maximum atomic E-state index is 12.8. The monoisotopic (exact) mass is 537 g/mol. The Hall–Kier alpha value is -4.69. The maximum Gasteiger partial charge on any atom is 0.257 e. The lowest BCUT2D eigenvalue weighted by molar-refractivity contribution is 0.0977. The van der Waals surface area contributed by atoms with Crippen molar-refractivity contribution in [1.82, 2.24) is 10.3 Å². The van der Waals surface area contributed by atoms with Gasteiger partial charge in [-0.1, -0.05) is 56.3 Å². The zero-order valence-electron chi connectivity index (χ0n) is 21.5. The number of phenols is 1. The minimum absolute atomic E-state index is 0.0342. The molecule has 0 aliphatic carbocycles. The Bertz CT molecular complexity index is 1650. The van der Waals surface area contributed by atoms with E-state index in [9.17, 15) is 9.90 Å². The van der Waals surface area contributed by atoms with Crippen LogP contribution in [-0.4, -0.2) is 21.1 Å². The average molecular weight is 538 g/mol. The molecular weight excluding hydrogens is 510 g/mol. The number of carbonyl (C=O) groups excluding carboxylic acids is 1. The van der Waals surface area contributed by atoms with Crippen molar-refractivity contribution < 1.29 is 19.1 Å². The van der Waals surface area contributed by atoms with Crippen molar-refractivity contribution in [3.63, 3.8) is 0 Å². The van der Waals surface area contributed by atoms with E-state index in [-0.39, 0.29) is 16.8 Å². The second kappa shape index (κ2) is 11.4. The molecule has 0 saturated carbocycles. The van der Waals surface area contributed by atoms with E-state index in [1.807, 2.05) is 48.5 Å². The van der Waals surface area contributed by atoms with Crippen molar-refractivity contribution in [3.05, 3.63) is 108 Å². The van der Waals surface area contributed by atoms with E-state index in [0.717, 1.165) is 16.6 Å². The van der Waals surface area contributed by atoms with Crippen LogP contribution in [0.15, 0.2) is 95.4 Å². The number of thiocarbonyl (C=S) groups is 1. The van der Waals surface area contributed by atoms with E-state index in [1.165, 1.54) is 6.07 Å². The molecule has 39 heavy (non-hydrogen) atoms. The molecule has 0 fully saturated rings. The lowest BCUT2D eigenvalue weighted by atomic mass is 10.0. The van der Waals surface area contributed by atoms with Gasteiger partial charge in [-0.25, -0.2) is 4.98 Å². The van der Waals surface area contributed by atoms with E-state index < -0.39 is 0 Å². The summed E-state index contributed by atoms with van der Waals surface area (Å²) in [7, 11) is 0. The second-order valence-electron chi connectivity index (χ2n) is 9.34. The topological polar surface area (TPSA) is 96.6 Å². The fourth-order valence-corrected chi connectivity index (χ4v) is 4.23. The molecule has 0 aliphatic heterocycles. The molecular formula is C31H27N3O4S. The molecule has 0 aliphatic rings. The number of hydrogen-bond acceptors (Lipinski definition) is 6. The molecule has 0 radical (unpaired) electrons. The number of phenolic OH excluding ortho intramolecular Hbond substituents is 1. The summed E-state index contributed by atoms with van der Waals surface area (Å²) in [6.07, 6.45) is 0. The molecule has 3 N–H and O–H groups in total. The third-order valence-electron chi connectivity index (χ3n) is 6.14. The number of benzene rings is 4. The lowest BCUT2D eigenvalue weighted by Crippen LogP contribution is -2.34. The number of nitrogens with one attached hydrogen (secondary N) is 2. The van der Waals surface area contributed by atoms with Crippen LogP contribution in [0.4, 0.5) is 5.69 Å². The number of aromatic hydroxyl groups is 1. The Labute approximate surface area is 231 Å². The van der Waals surface area contributed by atoms with Gasteiger partial charge >= 0.3 is 0 Å². The van der Waals surface area contributed by atoms with Crippen LogP contribution >= 0.6 is 12.2 Å². The highest BCUT2D eigenvalue weighted by atomic mass is 32.1. The molecule has 0 bridgehead atoms. The number of fused-ring (bicyclic) bond motifs is 1. The first-order valence-corrected chi connectivity index (χ1v) is 12.9. The zero-order chi connectivity index (χ0) is 27.4. The average Bonchev–Trinajstić information content (AvgIpc) is 3.36. The maximum absolute atomic E-state index is 12.8. The number of oxazole rings is 1. The highest BCUT2D eigenvalue weighted by Crippen LogP contribution is 2.33. The van der Waals surface area contributed by atoms with Crippen molar-refractivity contribution in [2.24, 2.45) is 0 Å². The smallest absolute Gasteiger partial charge is 0.257 e. The molecule has 0 atom stereocenters. The predicted octanol–water partition coefficient (Wildman–Crippen LogP) is 7.03. The van der Waals surface area contributed by atoms with Gasteiger partial charge in [0.2, 0.25) is 5.89 Å². The Kier molecular flexibility index (Phi) is 7.56. The summed E-state index contributed by atoms with van der Waals surface area (Å²) in [5.41, 5.74) is 4.92. The summed E-state index contributed by atoms with van der Waals surface area (Å²) in [5, 5.41) is 16.3. The summed E-state index contributed by atoms with van der Waals surface area (Å²) in [6, 6.07) is 27.5. The summed E-state index contributed by atoms with van der Waals surface area (Å²) in [6.45, 7) is 4.63. The normalized spacial score (nSPS) is 10.9. The van der Waals surface area contributed by atoms with Gasteiger partial charge in [-0.3, -0.25) is 10.1 Å². The molecule has 5 rings (SSSR count). The van der Waals surface area contributed by atoms with Crippen LogP contribution in [0.2, 0.25) is 0 Å². The van der Waals surface area contributed by atoms with Crippen LogP contribution in [0.25, 0.3) is 22.6 Å². The Morgan fingerprint density at radius 3 is 2.59 bits per heavy atom. The molecule has 1 aromatic heterocycles. The van der Waals surface area contributed by atoms with Crippen molar-refractivity contribution in [2.75, 3.05) is 5.32 Å². The van der Waals surface area contributed by atoms with Crippen molar-refractivity contribution in [3.8, 4) is 23.0 Å². The first-order valence-electron chi connectivity index (χ1n) is 12.5. The van der Waals surface area contributed by atoms with Gasteiger partial charge in [0.1, 0.15) is 23.6 Å². The van der Waals surface area contributed by atoms with Gasteiger partial charge in [0.15, 0.2) is 10.7 Å². The van der Waals surface area contributed by atoms with Crippen molar-refractivity contribution in [2.45, 2.75) is 26.4 Å². The number of rotatable bonds is 7. The molecule has 8 heteroatoms. The molecule has 0 spiro atoms. The Morgan fingerprint density at radius 2 is 1.82 bits per heavy atom. The van der Waals surface area contributed by atoms with Crippen LogP contribution < -0.4 is 15.4 Å². The number of carbonyl (C=O) groups is 1. The van der Waals surface area contributed by atoms with E-state index in [4.69, 9.17) is 21.4 Å². The van der Waals surface area contributed by atoms with E-state index in [2.05, 4.69) is 29.5 Å². The third-order valence-corrected chi connectivity index (χ3v) is 6.34. The van der Waals surface area contributed by atoms with E-state index in [1.54, 1.807) is 36.4 Å². The van der Waals surface area contributed by atoms with Gasteiger partial charge in [0.25, 0.3) is 5.91 Å². The van der Waals surface area contributed by atoms with Crippen molar-refractivity contribution in [1.29, 1.82) is 0 Å². The predicted molar refractivity (Wildman–Crippen MR) is 156 cm³/mol. The van der Waals surface area contributed by atoms with Gasteiger partial charge in [-0.2, -0.15) is 0 Å². The van der Waals surface area contributed by atoms with Crippen LogP contribution in [-0.2, 0) is 6.61 Å². The summed E-state index contributed by atoms with van der Waals surface area (Å²) in [5.74, 6) is 0.846. The lowest BCUT2D eigenvalue weighted by Gasteiger charge is -2.12. The molecule has 1 heterocycles. The van der Waals surface area contributed by atoms with Crippen LogP contribution in [0.5, 0.6) is 11.5 Å². The summed E-state index contributed by atoms with van der Waals surface area (Å²) >= 11 is 5.32. The van der Waals surface area contributed by atoms with Gasteiger partial charge < -0.3 is 19.6 Å². The highest BCUT2D eigenvalue weighted by Gasteiger charge is 2.15. The fraction of sp³-hybridized carbons (Fsp3) is 0.129. The number of amides is 1. The van der Waals surface area contributed by atoms with Gasteiger partial charge in [-0.05, 0) is 71.7 Å². The second-order valence-corrected chi connectivity index (χ2v) is 9.75. The quantitative estimate of drug-likeness (QED) is 0.192. The third kappa shape index (κ3) is 6.25. The van der Waals surface area contributed by atoms with Crippen LogP contribution in [0, 0.1) is 0 Å². The summed E-state index contributed by atoms with van der Waals surface area (Å²) < 4.78 is 11.7. The zero-order valence-corrected chi connectivity index (χ0v) is 22.3. The van der Waals surface area contributed by atoms with E-state index in [0.29, 0.717) is 46.6 Å². The molecule has 7 nitrogen and oxygen atoms in total. The van der Waals surface area contributed by atoms with Gasteiger partial charge in [-0.15, -0.1) is 0 Å².